The highest BCUT2D eigenvalue weighted by molar-refractivity contribution is 8.32. The van der Waals surface area contributed by atoms with E-state index in [-0.39, 0.29) is 0 Å². The number of nitrogens with zero attached hydrogens (tertiary/aromatic N) is 1. The number of hydrogen-bond acceptors (Lipinski definition) is 1. The predicted octanol–water partition coefficient (Wildman–Crippen LogP) is 7.59. The molecular weight excluding hydrogens is 518 g/mol. The summed E-state index contributed by atoms with van der Waals surface area (Å²) in [5.74, 6) is 0. The first-order valence-electron chi connectivity index (χ1n) is 13.7. The fraction of sp³-hybridized carbons (Fsp3) is 0.485. The Morgan fingerprint density at radius 2 is 1.05 bits per heavy atom. The summed E-state index contributed by atoms with van der Waals surface area (Å²) in [6.07, 6.45) is 15.7. The van der Waals surface area contributed by atoms with Crippen molar-refractivity contribution in [1.82, 2.24) is 4.98 Å². The largest absolute Gasteiger partial charge is 0.256 e. The number of pyridine rings is 1. The molecule has 0 fully saturated rings. The second-order valence-electron chi connectivity index (χ2n) is 14.8. The minimum absolute atomic E-state index is 0.454. The van der Waals surface area contributed by atoms with E-state index in [2.05, 4.69) is 80.0 Å². The van der Waals surface area contributed by atoms with Gasteiger partial charge in [0, 0.05) is 11.8 Å². The molecule has 206 valence electrons. The summed E-state index contributed by atoms with van der Waals surface area (Å²) in [5.41, 5.74) is 4.70. The van der Waals surface area contributed by atoms with Gasteiger partial charge in [0.15, 0.2) is 0 Å². The van der Waals surface area contributed by atoms with E-state index < -0.39 is 41.3 Å². The molecule has 0 aliphatic rings. The second kappa shape index (κ2) is 10.7. The molecule has 0 spiro atoms. The summed E-state index contributed by atoms with van der Waals surface area (Å²) in [7, 11) is 25.6. The summed E-state index contributed by atoms with van der Waals surface area (Å²) in [6.45, 7) is 12.1. The average Bonchev–Trinajstić information content (AvgIpc) is 2.80. The lowest BCUT2D eigenvalue weighted by Gasteiger charge is -2.48. The minimum Gasteiger partial charge on any atom is -0.256 e. The molecule has 40 heavy (non-hydrogen) atoms. The van der Waals surface area contributed by atoms with Crippen molar-refractivity contribution in [2.45, 2.75) is 61.8 Å². The maximum Gasteiger partial charge on any atom is 0.0704 e. The van der Waals surface area contributed by atoms with Gasteiger partial charge in [0.25, 0.3) is 0 Å². The molecule has 0 unspecified atom stereocenters. The maximum atomic E-state index is 6.90. The Hall–Kier alpha value is -1.45. The highest BCUT2D eigenvalue weighted by Crippen LogP contribution is 2.52. The lowest BCUT2D eigenvalue weighted by Crippen LogP contribution is -2.47. The highest BCUT2D eigenvalue weighted by atomic mass is 32.3. The molecule has 8 radical (unpaired) electrons. The first-order valence-corrected chi connectivity index (χ1v) is 19.4. The summed E-state index contributed by atoms with van der Waals surface area (Å²) >= 11 is 0. The Morgan fingerprint density at radius 1 is 0.575 bits per heavy atom. The molecule has 3 aromatic rings. The van der Waals surface area contributed by atoms with Crippen LogP contribution in [-0.4, -0.2) is 73.9 Å². The molecule has 0 aliphatic carbocycles. The molecule has 0 N–H and O–H groups in total. The number of hydrogen-bond donors (Lipinski definition) is 0. The summed E-state index contributed by atoms with van der Waals surface area (Å²) in [5, 5.41) is -2.39. The van der Waals surface area contributed by atoms with Gasteiger partial charge in [0.05, 0.1) is 37.1 Å². The fourth-order valence-electron chi connectivity index (χ4n) is 4.58. The maximum absolute atomic E-state index is 6.90. The van der Waals surface area contributed by atoms with Crippen molar-refractivity contribution in [3.8, 4) is 22.4 Å². The minimum atomic E-state index is -1.20. The molecule has 1 aromatic heterocycles. The average molecular weight is 563 g/mol. The molecule has 3 rings (SSSR count). The van der Waals surface area contributed by atoms with Gasteiger partial charge in [-0.05, 0) is 105 Å². The smallest absolute Gasteiger partial charge is 0.0704 e. The van der Waals surface area contributed by atoms with E-state index in [9.17, 15) is 0 Å². The van der Waals surface area contributed by atoms with Crippen LogP contribution in [0.15, 0.2) is 64.5 Å². The van der Waals surface area contributed by atoms with Crippen molar-refractivity contribution >= 4 is 51.4 Å². The van der Waals surface area contributed by atoms with Gasteiger partial charge in [0.2, 0.25) is 0 Å². The lowest BCUT2D eigenvalue weighted by molar-refractivity contribution is 0.335. The van der Waals surface area contributed by atoms with Gasteiger partial charge in [0.1, 0.15) is 0 Å². The molecule has 1 heterocycles. The van der Waals surface area contributed by atoms with E-state index in [1.54, 1.807) is 6.20 Å². The van der Waals surface area contributed by atoms with Crippen LogP contribution in [-0.2, 0) is 10.4 Å². The first-order chi connectivity index (χ1) is 17.9. The normalized spacial score (nSPS) is 14.7. The van der Waals surface area contributed by atoms with Crippen LogP contribution in [0.1, 0.15) is 52.7 Å². The van der Waals surface area contributed by atoms with Crippen LogP contribution in [0.5, 0.6) is 0 Å². The standard InChI is InChI=1S/C33H45B4NS2/c1-30(2,3)32(34,35)26-20-28(38-21-27(26)33(36,37)31(4,5)6)23-15-18-29(40(10,11)12)25(19-23)22-13-16-24(17-14-22)39(7,8)9/h13-21H,1-12H3. The summed E-state index contributed by atoms with van der Waals surface area (Å²) in [6, 6.07) is 17.7. The van der Waals surface area contributed by atoms with Crippen LogP contribution in [0, 0.1) is 10.8 Å². The van der Waals surface area contributed by atoms with E-state index in [1.807, 2.05) is 47.6 Å². The van der Waals surface area contributed by atoms with Gasteiger partial charge in [-0.2, -0.15) is 0 Å². The van der Waals surface area contributed by atoms with E-state index in [1.165, 1.54) is 20.9 Å². The number of benzene rings is 2. The van der Waals surface area contributed by atoms with Crippen molar-refractivity contribution in [3.63, 3.8) is 0 Å². The van der Waals surface area contributed by atoms with Gasteiger partial charge in [-0.25, -0.2) is 20.1 Å². The van der Waals surface area contributed by atoms with E-state index in [0.717, 1.165) is 16.8 Å². The Balaban J connectivity index is 2.30. The van der Waals surface area contributed by atoms with Crippen LogP contribution in [0.25, 0.3) is 22.4 Å². The molecule has 0 bridgehead atoms. The SMILES string of the molecule is [B]C([B])(c1cnc(-c2ccc(S(C)(C)C)c(-c3ccc(S(C)(C)C)cc3)c2)cc1C([B])([B])C(C)(C)C)C(C)(C)C. The third-order valence-corrected chi connectivity index (χ3v) is 11.4. The van der Waals surface area contributed by atoms with Crippen molar-refractivity contribution in [2.24, 2.45) is 10.8 Å². The number of aromatic nitrogens is 1. The Bertz CT molecular complexity index is 1370. The van der Waals surface area contributed by atoms with E-state index in [4.69, 9.17) is 36.4 Å². The quantitative estimate of drug-likeness (QED) is 0.282. The van der Waals surface area contributed by atoms with Crippen molar-refractivity contribution in [1.29, 1.82) is 0 Å². The Morgan fingerprint density at radius 3 is 1.50 bits per heavy atom. The van der Waals surface area contributed by atoms with E-state index >= 15 is 0 Å². The van der Waals surface area contributed by atoms with Gasteiger partial charge in [-0.3, -0.25) is 4.98 Å². The summed E-state index contributed by atoms with van der Waals surface area (Å²) < 4.78 is 0. The van der Waals surface area contributed by atoms with Gasteiger partial charge in [-0.15, -0.1) is 0 Å². The Labute approximate surface area is 253 Å². The summed E-state index contributed by atoms with van der Waals surface area (Å²) in [4.78, 5) is 7.66. The highest BCUT2D eigenvalue weighted by Gasteiger charge is 2.41. The van der Waals surface area contributed by atoms with Gasteiger partial charge in [-0.1, -0.05) is 75.7 Å². The zero-order valence-electron chi connectivity index (χ0n) is 26.8. The third-order valence-electron chi connectivity index (χ3n) is 8.08. The molecule has 7 heteroatoms. The third kappa shape index (κ3) is 6.46. The van der Waals surface area contributed by atoms with Crippen LogP contribution in [0.2, 0.25) is 0 Å². The van der Waals surface area contributed by atoms with E-state index in [0.29, 0.717) is 5.56 Å². The molecule has 0 saturated heterocycles. The topological polar surface area (TPSA) is 12.9 Å². The van der Waals surface area contributed by atoms with Gasteiger partial charge < -0.3 is 0 Å². The van der Waals surface area contributed by atoms with Crippen LogP contribution in [0.4, 0.5) is 0 Å². The fourth-order valence-corrected chi connectivity index (χ4v) is 6.85. The molecular formula is C33H45B4NS2. The lowest BCUT2D eigenvalue weighted by atomic mass is 9.35. The zero-order valence-corrected chi connectivity index (χ0v) is 28.4. The van der Waals surface area contributed by atoms with Crippen molar-refractivity contribution in [3.05, 3.63) is 65.9 Å². The zero-order chi connectivity index (χ0) is 30.7. The molecule has 0 saturated carbocycles. The van der Waals surface area contributed by atoms with Crippen LogP contribution >= 0.6 is 20.1 Å². The molecule has 0 atom stereocenters. The van der Waals surface area contributed by atoms with Crippen molar-refractivity contribution in [2.75, 3.05) is 37.5 Å². The molecule has 0 amide bonds. The van der Waals surface area contributed by atoms with Crippen LogP contribution in [0.3, 0.4) is 0 Å². The molecule has 2 aromatic carbocycles. The monoisotopic (exact) mass is 563 g/mol. The second-order valence-corrected chi connectivity index (χ2v) is 23.0. The molecule has 1 nitrogen and oxygen atoms in total. The van der Waals surface area contributed by atoms with Crippen molar-refractivity contribution < 1.29 is 0 Å². The Kier molecular flexibility index (Phi) is 8.82. The van der Waals surface area contributed by atoms with Gasteiger partial charge >= 0.3 is 0 Å². The predicted molar refractivity (Wildman–Crippen MR) is 188 cm³/mol. The molecule has 0 aliphatic heterocycles. The first kappa shape index (κ1) is 33.1. The number of rotatable bonds is 6. The van der Waals surface area contributed by atoms with Crippen LogP contribution < -0.4 is 0 Å².